The van der Waals surface area contributed by atoms with Crippen LogP contribution in [-0.4, -0.2) is 15.2 Å². The van der Waals surface area contributed by atoms with E-state index in [2.05, 4.69) is 20.5 Å². The van der Waals surface area contributed by atoms with Crippen molar-refractivity contribution in [3.05, 3.63) is 30.1 Å². The minimum absolute atomic E-state index is 0.212. The zero-order valence-corrected chi connectivity index (χ0v) is 7.16. The average molecular weight is 193 g/mol. The van der Waals surface area contributed by atoms with Gasteiger partial charge in [0.2, 0.25) is 11.9 Å². The smallest absolute Gasteiger partial charge is 0.248 e. The van der Waals surface area contributed by atoms with Crippen LogP contribution in [0.3, 0.4) is 0 Å². The first-order chi connectivity index (χ1) is 6.74. The summed E-state index contributed by atoms with van der Waals surface area (Å²) in [7, 11) is 0. The number of halogens is 1. The highest BCUT2D eigenvalue weighted by Crippen LogP contribution is 2.13. The van der Waals surface area contributed by atoms with Crippen LogP contribution in [0.2, 0.25) is 0 Å². The normalized spacial score (nSPS) is 10.1. The molecule has 0 amide bonds. The third-order valence-corrected chi connectivity index (χ3v) is 1.58. The van der Waals surface area contributed by atoms with E-state index in [0.29, 0.717) is 11.6 Å². The molecule has 1 aromatic heterocycles. The number of hydrogen-bond donors (Lipinski definition) is 3. The van der Waals surface area contributed by atoms with Gasteiger partial charge in [0.05, 0.1) is 0 Å². The maximum atomic E-state index is 12.8. The molecule has 6 heteroatoms. The Kier molecular flexibility index (Phi) is 2.02. The van der Waals surface area contributed by atoms with Crippen LogP contribution in [0.15, 0.2) is 24.3 Å². The summed E-state index contributed by atoms with van der Waals surface area (Å²) in [5.41, 5.74) is 5.89. The number of aromatic nitrogens is 3. The van der Waals surface area contributed by atoms with Crippen LogP contribution < -0.4 is 11.1 Å². The molecule has 1 heterocycles. The Morgan fingerprint density at radius 3 is 2.93 bits per heavy atom. The number of benzene rings is 1. The van der Waals surface area contributed by atoms with Crippen molar-refractivity contribution in [3.8, 4) is 0 Å². The monoisotopic (exact) mass is 193 g/mol. The number of aromatic amines is 1. The van der Waals surface area contributed by atoms with E-state index in [9.17, 15) is 4.39 Å². The lowest BCUT2D eigenvalue weighted by molar-refractivity contribution is 0.628. The molecule has 0 spiro atoms. The molecule has 0 aliphatic heterocycles. The highest BCUT2D eigenvalue weighted by molar-refractivity contribution is 5.53. The number of nitrogens with zero attached hydrogens (tertiary/aromatic N) is 2. The Morgan fingerprint density at radius 2 is 2.29 bits per heavy atom. The van der Waals surface area contributed by atoms with Crippen LogP contribution in [0.5, 0.6) is 0 Å². The molecule has 2 aromatic rings. The summed E-state index contributed by atoms with van der Waals surface area (Å²) in [5, 5.41) is 9.00. The molecule has 0 radical (unpaired) electrons. The molecule has 0 saturated heterocycles. The van der Waals surface area contributed by atoms with Gasteiger partial charge >= 0.3 is 0 Å². The van der Waals surface area contributed by atoms with Gasteiger partial charge < -0.3 is 11.1 Å². The van der Waals surface area contributed by atoms with Gasteiger partial charge in [0.15, 0.2) is 0 Å². The molecule has 0 aliphatic carbocycles. The summed E-state index contributed by atoms with van der Waals surface area (Å²) in [6.07, 6.45) is 0. The van der Waals surface area contributed by atoms with Crippen LogP contribution in [0.1, 0.15) is 0 Å². The van der Waals surface area contributed by atoms with Crippen molar-refractivity contribution in [1.82, 2.24) is 15.2 Å². The van der Waals surface area contributed by atoms with Crippen molar-refractivity contribution in [2.45, 2.75) is 0 Å². The molecule has 4 N–H and O–H groups in total. The lowest BCUT2D eigenvalue weighted by Gasteiger charge is -1.99. The summed E-state index contributed by atoms with van der Waals surface area (Å²) in [6, 6.07) is 5.99. The van der Waals surface area contributed by atoms with Crippen LogP contribution in [-0.2, 0) is 0 Å². The Bertz CT molecular complexity index is 439. The maximum absolute atomic E-state index is 12.8. The van der Waals surface area contributed by atoms with Gasteiger partial charge in [-0.05, 0) is 18.2 Å². The van der Waals surface area contributed by atoms with Crippen molar-refractivity contribution < 1.29 is 4.39 Å². The van der Waals surface area contributed by atoms with E-state index in [1.807, 2.05) is 0 Å². The molecule has 0 saturated carbocycles. The maximum Gasteiger partial charge on any atom is 0.248 e. The Hall–Kier alpha value is -2.11. The van der Waals surface area contributed by atoms with Gasteiger partial charge in [-0.3, -0.25) is 0 Å². The number of nitrogen functional groups attached to an aromatic ring is 1. The summed E-state index contributed by atoms with van der Waals surface area (Å²) in [5.74, 6) is 0.204. The molecule has 0 bridgehead atoms. The second-order valence-electron chi connectivity index (χ2n) is 2.68. The molecule has 2 rings (SSSR count). The van der Waals surface area contributed by atoms with Gasteiger partial charge in [-0.15, -0.1) is 5.10 Å². The predicted molar refractivity (Wildman–Crippen MR) is 50.5 cm³/mol. The molecule has 14 heavy (non-hydrogen) atoms. The Morgan fingerprint density at radius 1 is 1.43 bits per heavy atom. The SMILES string of the molecule is Nc1nc(Nc2cccc(F)c2)n[nH]1. The van der Waals surface area contributed by atoms with Crippen LogP contribution >= 0.6 is 0 Å². The predicted octanol–water partition coefficient (Wildman–Crippen LogP) is 1.27. The lowest BCUT2D eigenvalue weighted by Crippen LogP contribution is -1.93. The van der Waals surface area contributed by atoms with Crippen molar-refractivity contribution in [2.75, 3.05) is 11.1 Å². The third kappa shape index (κ3) is 1.79. The number of anilines is 3. The fourth-order valence-electron chi connectivity index (χ4n) is 1.03. The van der Waals surface area contributed by atoms with Crippen molar-refractivity contribution in [2.24, 2.45) is 0 Å². The molecule has 0 atom stereocenters. The van der Waals surface area contributed by atoms with Crippen LogP contribution in [0.4, 0.5) is 22.0 Å². The lowest BCUT2D eigenvalue weighted by atomic mass is 10.3. The highest BCUT2D eigenvalue weighted by Gasteiger charge is 2.00. The van der Waals surface area contributed by atoms with Gasteiger partial charge in [0.1, 0.15) is 5.82 Å². The van der Waals surface area contributed by atoms with E-state index in [1.54, 1.807) is 12.1 Å². The minimum Gasteiger partial charge on any atom is -0.368 e. The molecular formula is C8H8FN5. The second-order valence-corrected chi connectivity index (χ2v) is 2.68. The van der Waals surface area contributed by atoms with Gasteiger partial charge in [-0.1, -0.05) is 6.07 Å². The zero-order valence-electron chi connectivity index (χ0n) is 7.16. The molecule has 72 valence electrons. The second kappa shape index (κ2) is 3.33. The fourth-order valence-corrected chi connectivity index (χ4v) is 1.03. The van der Waals surface area contributed by atoms with E-state index < -0.39 is 0 Å². The summed E-state index contributed by atoms with van der Waals surface area (Å²) >= 11 is 0. The third-order valence-electron chi connectivity index (χ3n) is 1.58. The standard InChI is InChI=1S/C8H8FN5/c9-5-2-1-3-6(4-5)11-8-12-7(10)13-14-8/h1-4H,(H4,10,11,12,13,14). The fraction of sp³-hybridized carbons (Fsp3) is 0. The first-order valence-electron chi connectivity index (χ1n) is 3.94. The average Bonchev–Trinajstić information content (AvgIpc) is 2.51. The van der Waals surface area contributed by atoms with Crippen molar-refractivity contribution in [3.63, 3.8) is 0 Å². The van der Waals surface area contributed by atoms with Gasteiger partial charge in [-0.2, -0.15) is 4.98 Å². The number of hydrogen-bond acceptors (Lipinski definition) is 4. The highest BCUT2D eigenvalue weighted by atomic mass is 19.1. The number of nitrogens with one attached hydrogen (secondary N) is 2. The number of rotatable bonds is 2. The number of H-pyrrole nitrogens is 1. The van der Waals surface area contributed by atoms with E-state index in [4.69, 9.17) is 5.73 Å². The van der Waals surface area contributed by atoms with E-state index in [0.717, 1.165) is 0 Å². The summed E-state index contributed by atoms with van der Waals surface area (Å²) < 4.78 is 12.8. The van der Waals surface area contributed by atoms with Crippen LogP contribution in [0, 0.1) is 5.82 Å². The van der Waals surface area contributed by atoms with Gasteiger partial charge in [-0.25, -0.2) is 9.49 Å². The quantitative estimate of drug-likeness (QED) is 0.671. The molecule has 0 aliphatic rings. The molecule has 0 unspecified atom stereocenters. The van der Waals surface area contributed by atoms with Crippen LogP contribution in [0.25, 0.3) is 0 Å². The van der Waals surface area contributed by atoms with Crippen molar-refractivity contribution >= 4 is 17.6 Å². The van der Waals surface area contributed by atoms with Gasteiger partial charge in [0, 0.05) is 5.69 Å². The molecule has 0 fully saturated rings. The van der Waals surface area contributed by atoms with Gasteiger partial charge in [0.25, 0.3) is 0 Å². The van der Waals surface area contributed by atoms with Crippen molar-refractivity contribution in [1.29, 1.82) is 0 Å². The summed E-state index contributed by atoms with van der Waals surface area (Å²) in [4.78, 5) is 3.81. The Labute approximate surface area is 79.2 Å². The van der Waals surface area contributed by atoms with E-state index in [1.165, 1.54) is 12.1 Å². The van der Waals surface area contributed by atoms with E-state index in [-0.39, 0.29) is 11.8 Å². The topological polar surface area (TPSA) is 79.6 Å². The number of nitrogens with two attached hydrogens (primary N) is 1. The first-order valence-corrected chi connectivity index (χ1v) is 3.94. The largest absolute Gasteiger partial charge is 0.368 e. The summed E-state index contributed by atoms with van der Waals surface area (Å²) in [6.45, 7) is 0. The molecular weight excluding hydrogens is 185 g/mol. The zero-order chi connectivity index (χ0) is 9.97. The molecule has 1 aromatic carbocycles. The first kappa shape index (κ1) is 8.49. The Balaban J connectivity index is 2.18. The van der Waals surface area contributed by atoms with E-state index >= 15 is 0 Å². The minimum atomic E-state index is -0.321. The molecule has 5 nitrogen and oxygen atoms in total.